The molecule has 0 saturated carbocycles. The predicted octanol–water partition coefficient (Wildman–Crippen LogP) is -0.746. The number of esters is 1. The molecule has 1 aliphatic heterocycles. The summed E-state index contributed by atoms with van der Waals surface area (Å²) in [5, 5.41) is 7.24. The smallest absolute Gasteiger partial charge is 0.340 e. The van der Waals surface area contributed by atoms with E-state index in [1.165, 1.54) is 0 Å². The minimum Gasteiger partial charge on any atom is -0.462 e. The molecule has 7 nitrogen and oxygen atoms in total. The van der Waals surface area contributed by atoms with Crippen molar-refractivity contribution >= 4 is 23.5 Å². The number of piperazine rings is 1. The van der Waals surface area contributed by atoms with Gasteiger partial charge in [0.05, 0.1) is 37.4 Å². The number of amides is 2. The molecule has 1 fully saturated rings. The van der Waals surface area contributed by atoms with Gasteiger partial charge < -0.3 is 20.7 Å². The number of rotatable bonds is 5. The monoisotopic (exact) mass is 306 g/mol. The van der Waals surface area contributed by atoms with Crippen LogP contribution < -0.4 is 16.0 Å². The fraction of sp³-hybridized carbons (Fsp3) is 0.400. The van der Waals surface area contributed by atoms with E-state index < -0.39 is 12.0 Å². The summed E-state index contributed by atoms with van der Waals surface area (Å²) in [6, 6.07) is 6.22. The highest BCUT2D eigenvalue weighted by Gasteiger charge is 2.28. The zero-order chi connectivity index (χ0) is 15.9. The number of ether oxygens (including phenoxy) is 1. The summed E-state index contributed by atoms with van der Waals surface area (Å²) in [7, 11) is 0. The lowest BCUT2D eigenvalue weighted by molar-refractivity contribution is -0.678. The van der Waals surface area contributed by atoms with Gasteiger partial charge >= 0.3 is 5.97 Å². The first-order chi connectivity index (χ1) is 10.6. The summed E-state index contributed by atoms with van der Waals surface area (Å²) >= 11 is 0. The quantitative estimate of drug-likeness (QED) is 0.623. The lowest BCUT2D eigenvalue weighted by Crippen LogP contribution is -2.96. The van der Waals surface area contributed by atoms with Crippen LogP contribution in [0.15, 0.2) is 24.3 Å². The molecular weight excluding hydrogens is 286 g/mol. The summed E-state index contributed by atoms with van der Waals surface area (Å²) < 4.78 is 4.96. The highest BCUT2D eigenvalue weighted by atomic mass is 16.5. The second-order valence-corrected chi connectivity index (χ2v) is 4.94. The van der Waals surface area contributed by atoms with Gasteiger partial charge in [-0.2, -0.15) is 0 Å². The van der Waals surface area contributed by atoms with E-state index in [9.17, 15) is 14.4 Å². The first kappa shape index (κ1) is 16.0. The first-order valence-corrected chi connectivity index (χ1v) is 7.29. The Balaban J connectivity index is 2.02. The zero-order valence-corrected chi connectivity index (χ0v) is 12.4. The maximum absolute atomic E-state index is 12.1. The van der Waals surface area contributed by atoms with Gasteiger partial charge in [0.2, 0.25) is 5.91 Å². The third kappa shape index (κ3) is 4.05. The Labute approximate surface area is 128 Å². The Bertz CT molecular complexity index is 574. The van der Waals surface area contributed by atoms with Gasteiger partial charge in [-0.05, 0) is 19.1 Å². The molecule has 4 N–H and O–H groups in total. The Hall–Kier alpha value is -2.41. The molecule has 1 atom stereocenters. The van der Waals surface area contributed by atoms with Crippen molar-refractivity contribution in [1.82, 2.24) is 5.32 Å². The molecule has 0 unspecified atom stereocenters. The third-order valence-electron chi connectivity index (χ3n) is 3.33. The van der Waals surface area contributed by atoms with Crippen molar-refractivity contribution < 1.29 is 24.4 Å². The number of para-hydroxylation sites is 1. The van der Waals surface area contributed by atoms with Crippen LogP contribution in [0.4, 0.5) is 5.69 Å². The molecule has 1 heterocycles. The number of hydrogen-bond acceptors (Lipinski definition) is 4. The van der Waals surface area contributed by atoms with Gasteiger partial charge in [0.15, 0.2) is 6.04 Å². The van der Waals surface area contributed by atoms with Crippen molar-refractivity contribution in [2.75, 3.05) is 25.0 Å². The lowest BCUT2D eigenvalue weighted by atomic mass is 10.1. The molecule has 1 aromatic carbocycles. The van der Waals surface area contributed by atoms with Crippen LogP contribution in [0.5, 0.6) is 0 Å². The van der Waals surface area contributed by atoms with Crippen LogP contribution in [0.25, 0.3) is 0 Å². The second-order valence-electron chi connectivity index (χ2n) is 4.94. The van der Waals surface area contributed by atoms with Crippen molar-refractivity contribution in [3.63, 3.8) is 0 Å². The minimum atomic E-state index is -0.486. The molecule has 2 amide bonds. The number of quaternary nitrogens is 1. The Morgan fingerprint density at radius 2 is 2.18 bits per heavy atom. The van der Waals surface area contributed by atoms with E-state index >= 15 is 0 Å². The standard InChI is InChI=1S/C15H19N3O4/c1-2-22-15(21)10-5-3-4-6-11(10)18-13(19)9-12-14(20)17-8-7-16-12/h3-6,12,16H,2,7-9H2,1H3,(H,17,20)(H,18,19)/p+1/t12-/m1/s1. The highest BCUT2D eigenvalue weighted by Crippen LogP contribution is 2.16. The molecule has 1 aromatic rings. The number of nitrogens with two attached hydrogens (primary N) is 1. The van der Waals surface area contributed by atoms with Crippen molar-refractivity contribution in [1.29, 1.82) is 0 Å². The topological polar surface area (TPSA) is 101 Å². The van der Waals surface area contributed by atoms with Crippen LogP contribution in [-0.4, -0.2) is 43.5 Å². The van der Waals surface area contributed by atoms with E-state index in [4.69, 9.17) is 4.74 Å². The van der Waals surface area contributed by atoms with Gasteiger partial charge in [-0.3, -0.25) is 9.59 Å². The molecule has 0 spiro atoms. The average Bonchev–Trinajstić information content (AvgIpc) is 2.50. The average molecular weight is 306 g/mol. The van der Waals surface area contributed by atoms with Crippen LogP contribution in [-0.2, 0) is 14.3 Å². The normalized spacial score (nSPS) is 17.5. The van der Waals surface area contributed by atoms with Gasteiger partial charge in [0.25, 0.3) is 5.91 Å². The van der Waals surface area contributed by atoms with Crippen molar-refractivity contribution in [3.8, 4) is 0 Å². The Kier molecular flexibility index (Phi) is 5.48. The molecular formula is C15H20N3O4+. The second kappa shape index (κ2) is 7.56. The molecule has 0 aliphatic carbocycles. The van der Waals surface area contributed by atoms with Gasteiger partial charge in [-0.15, -0.1) is 0 Å². The highest BCUT2D eigenvalue weighted by molar-refractivity contribution is 6.02. The predicted molar refractivity (Wildman–Crippen MR) is 79.2 cm³/mol. The van der Waals surface area contributed by atoms with Crippen LogP contribution in [0.1, 0.15) is 23.7 Å². The van der Waals surface area contributed by atoms with E-state index in [0.29, 0.717) is 17.8 Å². The molecule has 2 rings (SSSR count). The fourth-order valence-electron chi connectivity index (χ4n) is 2.27. The largest absolute Gasteiger partial charge is 0.462 e. The maximum atomic E-state index is 12.1. The summed E-state index contributed by atoms with van der Waals surface area (Å²) in [6.45, 7) is 3.35. The zero-order valence-electron chi connectivity index (χ0n) is 12.4. The lowest BCUT2D eigenvalue weighted by Gasteiger charge is -2.20. The fourth-order valence-corrected chi connectivity index (χ4v) is 2.27. The number of carbonyl (C=O) groups excluding carboxylic acids is 3. The van der Waals surface area contributed by atoms with Crippen LogP contribution >= 0.6 is 0 Å². The number of nitrogens with one attached hydrogen (secondary N) is 2. The molecule has 1 saturated heterocycles. The number of carbonyl (C=O) groups is 3. The van der Waals surface area contributed by atoms with E-state index in [2.05, 4.69) is 10.6 Å². The molecule has 0 radical (unpaired) electrons. The summed E-state index contributed by atoms with van der Waals surface area (Å²) in [5.41, 5.74) is 0.692. The van der Waals surface area contributed by atoms with E-state index in [0.717, 1.165) is 6.54 Å². The summed E-state index contributed by atoms with van der Waals surface area (Å²) in [5.74, 6) is -0.935. The molecule has 0 aromatic heterocycles. The Morgan fingerprint density at radius 1 is 1.41 bits per heavy atom. The molecule has 1 aliphatic rings. The molecule has 22 heavy (non-hydrogen) atoms. The maximum Gasteiger partial charge on any atom is 0.340 e. The Morgan fingerprint density at radius 3 is 2.91 bits per heavy atom. The van der Waals surface area contributed by atoms with Gasteiger partial charge in [-0.25, -0.2) is 4.79 Å². The van der Waals surface area contributed by atoms with E-state index in [1.54, 1.807) is 31.2 Å². The van der Waals surface area contributed by atoms with Crippen LogP contribution in [0.3, 0.4) is 0 Å². The summed E-state index contributed by atoms with van der Waals surface area (Å²) in [4.78, 5) is 35.6. The van der Waals surface area contributed by atoms with Crippen molar-refractivity contribution in [2.45, 2.75) is 19.4 Å². The van der Waals surface area contributed by atoms with E-state index in [-0.39, 0.29) is 24.8 Å². The van der Waals surface area contributed by atoms with Crippen LogP contribution in [0.2, 0.25) is 0 Å². The van der Waals surface area contributed by atoms with Crippen LogP contribution in [0, 0.1) is 0 Å². The van der Waals surface area contributed by atoms with Gasteiger partial charge in [0.1, 0.15) is 0 Å². The van der Waals surface area contributed by atoms with Gasteiger partial charge in [0, 0.05) is 0 Å². The summed E-state index contributed by atoms with van der Waals surface area (Å²) in [6.07, 6.45) is 0.0585. The van der Waals surface area contributed by atoms with Crippen molar-refractivity contribution in [2.24, 2.45) is 0 Å². The SMILES string of the molecule is CCOC(=O)c1ccccc1NC(=O)C[C@H]1[NH2+]CCNC1=O. The molecule has 0 bridgehead atoms. The van der Waals surface area contributed by atoms with E-state index in [1.807, 2.05) is 5.32 Å². The van der Waals surface area contributed by atoms with Gasteiger partial charge in [-0.1, -0.05) is 12.1 Å². The molecule has 7 heteroatoms. The number of anilines is 1. The number of benzene rings is 1. The molecule has 118 valence electrons. The first-order valence-electron chi connectivity index (χ1n) is 7.29. The third-order valence-corrected chi connectivity index (χ3v) is 3.33. The number of hydrogen-bond donors (Lipinski definition) is 3. The minimum absolute atomic E-state index is 0.0585. The van der Waals surface area contributed by atoms with Crippen molar-refractivity contribution in [3.05, 3.63) is 29.8 Å².